The Hall–Kier alpha value is -3.20. The van der Waals surface area contributed by atoms with Crippen molar-refractivity contribution in [2.75, 3.05) is 25.0 Å². The van der Waals surface area contributed by atoms with Crippen molar-refractivity contribution in [1.82, 2.24) is 9.88 Å². The highest BCUT2D eigenvalue weighted by molar-refractivity contribution is 6.33. The van der Waals surface area contributed by atoms with Crippen molar-refractivity contribution in [3.63, 3.8) is 0 Å². The van der Waals surface area contributed by atoms with E-state index in [1.165, 1.54) is 4.90 Å². The summed E-state index contributed by atoms with van der Waals surface area (Å²) < 4.78 is 18.1. The number of aromatic nitrogens is 1. The van der Waals surface area contributed by atoms with Crippen LogP contribution >= 0.6 is 11.6 Å². The second kappa shape index (κ2) is 10.4. The molecule has 212 valence electrons. The maximum atomic E-state index is 13.5. The van der Waals surface area contributed by atoms with E-state index in [1.807, 2.05) is 33.8 Å². The summed E-state index contributed by atoms with van der Waals surface area (Å²) in [7, 11) is 1.57. The molecule has 1 atom stereocenters. The van der Waals surface area contributed by atoms with Gasteiger partial charge in [0.2, 0.25) is 5.79 Å². The van der Waals surface area contributed by atoms with Gasteiger partial charge in [-0.2, -0.15) is 0 Å². The van der Waals surface area contributed by atoms with E-state index in [1.54, 1.807) is 38.8 Å². The number of H-pyrrole nitrogens is 1. The number of piperidine rings is 1. The van der Waals surface area contributed by atoms with Crippen molar-refractivity contribution in [2.24, 2.45) is 5.92 Å². The van der Waals surface area contributed by atoms with Crippen LogP contribution in [0.2, 0.25) is 5.02 Å². The molecule has 1 aromatic carbocycles. The number of nitrogens with one attached hydrogen (secondary N) is 1. The Kier molecular flexibility index (Phi) is 7.69. The minimum absolute atomic E-state index is 0.269. The topological polar surface area (TPSA) is 101 Å². The fourth-order valence-corrected chi connectivity index (χ4v) is 5.63. The molecule has 1 fully saturated rings. The standard InChI is InChI=1S/C29H38ClN3O6/c1-16-13-17(2)31-25(34)22(16)32(8)26(35)20-14-21(30)24-23(18(20)3)37-29(7,38-24)15-19-9-11-33(12-10-19)27(36)39-28(4,5)6/h13-14,19H,9-12,15H2,1-8H3,(H,31,34). The van der Waals surface area contributed by atoms with Crippen molar-refractivity contribution in [3.8, 4) is 11.5 Å². The minimum Gasteiger partial charge on any atom is -0.448 e. The first kappa shape index (κ1) is 28.8. The number of carbonyl (C=O) groups is 2. The predicted molar refractivity (Wildman–Crippen MR) is 150 cm³/mol. The van der Waals surface area contributed by atoms with Gasteiger partial charge < -0.3 is 29.0 Å². The molecule has 0 saturated carbocycles. The number of aromatic amines is 1. The highest BCUT2D eigenvalue weighted by Gasteiger charge is 2.43. The maximum Gasteiger partial charge on any atom is 0.410 e. The number of anilines is 1. The first-order chi connectivity index (χ1) is 18.1. The van der Waals surface area contributed by atoms with Crippen molar-refractivity contribution >= 4 is 29.3 Å². The molecule has 2 aromatic rings. The first-order valence-corrected chi connectivity index (χ1v) is 13.6. The van der Waals surface area contributed by atoms with E-state index in [0.717, 1.165) is 18.5 Å². The lowest BCUT2D eigenvalue weighted by Crippen LogP contribution is -2.44. The summed E-state index contributed by atoms with van der Waals surface area (Å²) in [5.74, 6) is -0.228. The number of likely N-dealkylation sites (tertiary alicyclic amines) is 1. The Morgan fingerprint density at radius 2 is 1.77 bits per heavy atom. The quantitative estimate of drug-likeness (QED) is 0.511. The van der Waals surface area contributed by atoms with E-state index in [2.05, 4.69) is 4.98 Å². The molecule has 0 radical (unpaired) electrons. The summed E-state index contributed by atoms with van der Waals surface area (Å²) >= 11 is 6.60. The van der Waals surface area contributed by atoms with Crippen LogP contribution in [0.25, 0.3) is 0 Å². The highest BCUT2D eigenvalue weighted by Crippen LogP contribution is 2.50. The van der Waals surface area contributed by atoms with Gasteiger partial charge in [-0.05, 0) is 78.0 Å². The van der Waals surface area contributed by atoms with E-state index >= 15 is 0 Å². The molecular weight excluding hydrogens is 522 g/mol. The number of pyridine rings is 1. The lowest BCUT2D eigenvalue weighted by molar-refractivity contribution is -0.0845. The summed E-state index contributed by atoms with van der Waals surface area (Å²) in [5.41, 5.74) is 1.76. The van der Waals surface area contributed by atoms with Gasteiger partial charge in [0.25, 0.3) is 11.5 Å². The number of aryl methyl sites for hydroxylation is 2. The van der Waals surface area contributed by atoms with Crippen LogP contribution in [0.15, 0.2) is 16.9 Å². The number of amides is 2. The lowest BCUT2D eigenvalue weighted by Gasteiger charge is -2.35. The Bertz CT molecular complexity index is 1360. The van der Waals surface area contributed by atoms with E-state index in [-0.39, 0.29) is 34.2 Å². The number of ether oxygens (including phenoxy) is 3. The monoisotopic (exact) mass is 559 g/mol. The number of rotatable bonds is 4. The molecule has 0 bridgehead atoms. The van der Waals surface area contributed by atoms with Gasteiger partial charge in [-0.3, -0.25) is 9.59 Å². The third-order valence-corrected chi connectivity index (χ3v) is 7.48. The van der Waals surface area contributed by atoms with Crippen LogP contribution in [-0.2, 0) is 4.74 Å². The molecule has 1 unspecified atom stereocenters. The smallest absolute Gasteiger partial charge is 0.410 e. The van der Waals surface area contributed by atoms with Crippen LogP contribution in [0.1, 0.15) is 74.1 Å². The van der Waals surface area contributed by atoms with Gasteiger partial charge in [-0.25, -0.2) is 4.79 Å². The van der Waals surface area contributed by atoms with E-state index < -0.39 is 11.4 Å². The molecule has 2 amide bonds. The van der Waals surface area contributed by atoms with Crippen molar-refractivity contribution in [1.29, 1.82) is 0 Å². The van der Waals surface area contributed by atoms with Gasteiger partial charge in [0.1, 0.15) is 11.3 Å². The average Bonchev–Trinajstić information content (AvgIpc) is 3.17. The predicted octanol–water partition coefficient (Wildman–Crippen LogP) is 5.75. The summed E-state index contributed by atoms with van der Waals surface area (Å²) in [6.45, 7) is 14.0. The van der Waals surface area contributed by atoms with E-state index in [9.17, 15) is 14.4 Å². The van der Waals surface area contributed by atoms with Crippen molar-refractivity contribution < 1.29 is 23.8 Å². The number of halogens is 1. The summed E-state index contributed by atoms with van der Waals surface area (Å²) in [6.07, 6.45) is 1.90. The Labute approximate surface area is 234 Å². The van der Waals surface area contributed by atoms with Crippen LogP contribution in [0.4, 0.5) is 10.5 Å². The molecule has 1 saturated heterocycles. The zero-order valence-electron chi connectivity index (χ0n) is 24.0. The lowest BCUT2D eigenvalue weighted by atomic mass is 9.90. The third kappa shape index (κ3) is 6.03. The summed E-state index contributed by atoms with van der Waals surface area (Å²) in [4.78, 5) is 44.4. The molecule has 39 heavy (non-hydrogen) atoms. The SMILES string of the molecule is Cc1cc(C)c(N(C)C(=O)c2cc(Cl)c3c(c2C)OC(C)(CC2CCN(C(=O)OC(C)(C)C)CC2)O3)c(=O)[nH]1. The molecular formula is C29H38ClN3O6. The molecule has 1 aromatic heterocycles. The third-order valence-electron chi connectivity index (χ3n) is 7.20. The number of fused-ring (bicyclic) bond motifs is 1. The normalized spacial score (nSPS) is 19.3. The first-order valence-electron chi connectivity index (χ1n) is 13.3. The second-order valence-electron chi connectivity index (χ2n) is 11.8. The molecule has 10 heteroatoms. The van der Waals surface area contributed by atoms with Gasteiger partial charge in [-0.15, -0.1) is 0 Å². The van der Waals surface area contributed by atoms with Crippen LogP contribution in [0, 0.1) is 26.7 Å². The molecule has 0 spiro atoms. The van der Waals surface area contributed by atoms with Gasteiger partial charge in [0.05, 0.1) is 5.02 Å². The van der Waals surface area contributed by atoms with Crippen molar-refractivity contribution in [3.05, 3.63) is 49.9 Å². The summed E-state index contributed by atoms with van der Waals surface area (Å²) in [6, 6.07) is 3.39. The number of carbonyl (C=O) groups excluding carboxylic acids is 2. The fraction of sp³-hybridized carbons (Fsp3) is 0.552. The number of nitrogens with zero attached hydrogens (tertiary/aromatic N) is 2. The maximum absolute atomic E-state index is 13.5. The van der Waals surface area contributed by atoms with E-state index in [0.29, 0.717) is 47.7 Å². The molecule has 0 aliphatic carbocycles. The zero-order valence-corrected chi connectivity index (χ0v) is 24.7. The molecule has 3 heterocycles. The molecule has 9 nitrogen and oxygen atoms in total. The molecule has 2 aliphatic rings. The fourth-order valence-electron chi connectivity index (χ4n) is 5.39. The largest absolute Gasteiger partial charge is 0.448 e. The number of benzene rings is 1. The van der Waals surface area contributed by atoms with Gasteiger partial charge >= 0.3 is 6.09 Å². The Morgan fingerprint density at radius 1 is 1.15 bits per heavy atom. The summed E-state index contributed by atoms with van der Waals surface area (Å²) in [5, 5.41) is 0.269. The Balaban J connectivity index is 1.48. The van der Waals surface area contributed by atoms with Gasteiger partial charge in [0, 0.05) is 50.3 Å². The van der Waals surface area contributed by atoms with E-state index in [4.69, 9.17) is 25.8 Å². The van der Waals surface area contributed by atoms with Gasteiger partial charge in [-0.1, -0.05) is 11.6 Å². The number of hydrogen-bond donors (Lipinski definition) is 1. The Morgan fingerprint density at radius 3 is 2.36 bits per heavy atom. The van der Waals surface area contributed by atoms with Crippen LogP contribution < -0.4 is 19.9 Å². The second-order valence-corrected chi connectivity index (χ2v) is 12.2. The minimum atomic E-state index is -0.965. The van der Waals surface area contributed by atoms with Crippen molar-refractivity contribution in [2.45, 2.75) is 79.1 Å². The van der Waals surface area contributed by atoms with Crippen LogP contribution in [0.5, 0.6) is 11.5 Å². The molecule has 1 N–H and O–H groups in total. The average molecular weight is 560 g/mol. The van der Waals surface area contributed by atoms with Crippen LogP contribution in [0.3, 0.4) is 0 Å². The molecule has 2 aliphatic heterocycles. The zero-order chi connectivity index (χ0) is 28.9. The highest BCUT2D eigenvalue weighted by atomic mass is 35.5. The number of hydrogen-bond acceptors (Lipinski definition) is 6. The molecule has 4 rings (SSSR count). The van der Waals surface area contributed by atoms with Gasteiger partial charge in [0.15, 0.2) is 11.5 Å². The van der Waals surface area contributed by atoms with Crippen LogP contribution in [-0.4, -0.2) is 53.4 Å².